The van der Waals surface area contributed by atoms with Gasteiger partial charge in [-0.15, -0.1) is 0 Å². The van der Waals surface area contributed by atoms with Gasteiger partial charge in [-0.2, -0.15) is 0 Å². The number of hydrogen-bond acceptors (Lipinski definition) is 11. The van der Waals surface area contributed by atoms with Crippen molar-refractivity contribution in [3.63, 3.8) is 0 Å². The standard InChI is InChI=1S/C39H45N9O2/c1-24(21-48-15-13-30(50)22-48)16-29-12-14-42-38(36(29)40-5)46-33-10-6-8-31(26(33)3)32-9-7-11-34(27(32)4)47-39-37-35(44-23-45-39)17-28(20-43-37)19-41-18-25(2)49/h6-12,14,16-17,20,23,25,30,41,49-50H,5,13,15,18-19,21-22H2,1-4H3,(H,42,46)(H,44,45,47)/b24-16+/t25-,30-/m1/s1. The van der Waals surface area contributed by atoms with Gasteiger partial charge in [-0.25, -0.2) is 15.0 Å². The molecule has 258 valence electrons. The third-order valence-corrected chi connectivity index (χ3v) is 9.00. The van der Waals surface area contributed by atoms with Gasteiger partial charge >= 0.3 is 0 Å². The summed E-state index contributed by atoms with van der Waals surface area (Å²) in [7, 11) is 0. The number of β-amino-alcohol motifs (C(OH)–C–C–N with tert-alkyl or cyclic N) is 1. The SMILES string of the molecule is C=Nc1c(/C=C(\C)CN2CC[C@@H](O)C2)ccnc1Nc1cccc(-c2cccc(Nc3ncnc4cc(CNC[C@@H](C)O)cnc34)c2C)c1C. The molecule has 11 nitrogen and oxygen atoms in total. The van der Waals surface area contributed by atoms with Crippen molar-refractivity contribution in [2.45, 2.75) is 52.9 Å². The molecular weight excluding hydrogens is 626 g/mol. The minimum absolute atomic E-state index is 0.243. The fraction of sp³-hybridized carbons (Fsp3) is 0.308. The van der Waals surface area contributed by atoms with Crippen LogP contribution in [-0.4, -0.2) is 80.2 Å². The topological polar surface area (TPSA) is 144 Å². The molecule has 2 aromatic carbocycles. The van der Waals surface area contributed by atoms with Crippen LogP contribution in [0.1, 0.15) is 42.5 Å². The highest BCUT2D eigenvalue weighted by Gasteiger charge is 2.20. The number of nitrogens with zero attached hydrogens (tertiary/aromatic N) is 6. The molecule has 2 atom stereocenters. The van der Waals surface area contributed by atoms with E-state index in [-0.39, 0.29) is 6.10 Å². The maximum absolute atomic E-state index is 9.92. The van der Waals surface area contributed by atoms with Crippen molar-refractivity contribution in [3.05, 3.63) is 95.1 Å². The van der Waals surface area contributed by atoms with Gasteiger partial charge < -0.3 is 26.2 Å². The molecule has 50 heavy (non-hydrogen) atoms. The minimum Gasteiger partial charge on any atom is -0.392 e. The van der Waals surface area contributed by atoms with Gasteiger partial charge in [0.05, 0.1) is 17.7 Å². The molecule has 3 aromatic heterocycles. The van der Waals surface area contributed by atoms with Crippen LogP contribution in [0.3, 0.4) is 0 Å². The average molecular weight is 672 g/mol. The van der Waals surface area contributed by atoms with Gasteiger partial charge in [-0.3, -0.25) is 14.9 Å². The molecule has 5 N–H and O–H groups in total. The minimum atomic E-state index is -0.417. The van der Waals surface area contributed by atoms with Crippen LogP contribution in [0.5, 0.6) is 0 Å². The summed E-state index contributed by atoms with van der Waals surface area (Å²) in [4.78, 5) is 25.0. The van der Waals surface area contributed by atoms with Crippen molar-refractivity contribution < 1.29 is 10.2 Å². The molecule has 0 unspecified atom stereocenters. The number of likely N-dealkylation sites (tertiary alicyclic amines) is 1. The smallest absolute Gasteiger partial charge is 0.160 e. The van der Waals surface area contributed by atoms with Crippen LogP contribution in [0.15, 0.2) is 77.8 Å². The number of pyridine rings is 2. The Bertz CT molecular complexity index is 2030. The summed E-state index contributed by atoms with van der Waals surface area (Å²) in [5.41, 5.74) is 11.4. The summed E-state index contributed by atoms with van der Waals surface area (Å²) in [6.07, 6.45) is 7.42. The normalized spacial score (nSPS) is 15.7. The van der Waals surface area contributed by atoms with Crippen molar-refractivity contribution in [3.8, 4) is 11.1 Å². The second-order valence-corrected chi connectivity index (χ2v) is 13.0. The van der Waals surface area contributed by atoms with Crippen LogP contribution in [0.25, 0.3) is 28.2 Å². The van der Waals surface area contributed by atoms with Crippen molar-refractivity contribution >= 4 is 52.5 Å². The third-order valence-electron chi connectivity index (χ3n) is 9.00. The molecular formula is C39H45N9O2. The quantitative estimate of drug-likeness (QED) is 0.0885. The van der Waals surface area contributed by atoms with E-state index in [2.05, 4.69) is 91.5 Å². The van der Waals surface area contributed by atoms with E-state index >= 15 is 0 Å². The fourth-order valence-corrected chi connectivity index (χ4v) is 6.44. The van der Waals surface area contributed by atoms with Gasteiger partial charge in [0, 0.05) is 62.1 Å². The number of aliphatic imine (C=N–C) groups is 1. The first kappa shape index (κ1) is 34.8. The Labute approximate surface area is 293 Å². The van der Waals surface area contributed by atoms with Crippen molar-refractivity contribution in [1.29, 1.82) is 0 Å². The molecule has 1 aliphatic heterocycles. The molecule has 0 amide bonds. The Hall–Kier alpha value is -5.07. The number of fused-ring (bicyclic) bond motifs is 1. The second kappa shape index (κ2) is 15.6. The lowest BCUT2D eigenvalue weighted by molar-refractivity contribution is 0.179. The summed E-state index contributed by atoms with van der Waals surface area (Å²) in [6.45, 7) is 15.4. The molecule has 5 aromatic rings. The second-order valence-electron chi connectivity index (χ2n) is 13.0. The van der Waals surface area contributed by atoms with Crippen LogP contribution in [0.2, 0.25) is 0 Å². The van der Waals surface area contributed by atoms with Gasteiger partial charge in [-0.1, -0.05) is 35.9 Å². The number of benzene rings is 2. The predicted molar refractivity (Wildman–Crippen MR) is 203 cm³/mol. The number of aliphatic hydroxyl groups is 2. The Morgan fingerprint density at radius 1 is 1.02 bits per heavy atom. The molecule has 1 fully saturated rings. The summed E-state index contributed by atoms with van der Waals surface area (Å²) < 4.78 is 0. The molecule has 0 radical (unpaired) electrons. The Morgan fingerprint density at radius 2 is 1.74 bits per heavy atom. The van der Waals surface area contributed by atoms with Crippen LogP contribution in [-0.2, 0) is 6.54 Å². The Kier molecular flexibility index (Phi) is 10.9. The first-order valence-corrected chi connectivity index (χ1v) is 17.0. The highest BCUT2D eigenvalue weighted by Crippen LogP contribution is 2.37. The highest BCUT2D eigenvalue weighted by molar-refractivity contribution is 5.89. The predicted octanol–water partition coefficient (Wildman–Crippen LogP) is 6.46. The van der Waals surface area contributed by atoms with Gasteiger partial charge in [-0.05, 0) is 92.9 Å². The molecule has 0 aliphatic carbocycles. The first-order valence-electron chi connectivity index (χ1n) is 17.0. The zero-order valence-corrected chi connectivity index (χ0v) is 29.1. The van der Waals surface area contributed by atoms with Gasteiger partial charge in [0.1, 0.15) is 17.5 Å². The van der Waals surface area contributed by atoms with Crippen LogP contribution >= 0.6 is 0 Å². The summed E-state index contributed by atoms with van der Waals surface area (Å²) in [5.74, 6) is 1.26. The zero-order chi connectivity index (χ0) is 35.2. The van der Waals surface area contributed by atoms with Gasteiger partial charge in [0.15, 0.2) is 11.6 Å². The van der Waals surface area contributed by atoms with Crippen LogP contribution in [0.4, 0.5) is 28.7 Å². The zero-order valence-electron chi connectivity index (χ0n) is 29.1. The summed E-state index contributed by atoms with van der Waals surface area (Å²) >= 11 is 0. The average Bonchev–Trinajstić information content (AvgIpc) is 3.50. The number of rotatable bonds is 13. The number of aliphatic hydroxyl groups excluding tert-OH is 2. The molecule has 0 saturated carbocycles. The van der Waals surface area contributed by atoms with E-state index in [1.165, 1.54) is 5.57 Å². The highest BCUT2D eigenvalue weighted by atomic mass is 16.3. The lowest BCUT2D eigenvalue weighted by Crippen LogP contribution is -2.23. The number of hydrogen-bond donors (Lipinski definition) is 5. The lowest BCUT2D eigenvalue weighted by Gasteiger charge is -2.18. The van der Waals surface area contributed by atoms with Crippen molar-refractivity contribution in [2.75, 3.05) is 36.8 Å². The van der Waals surface area contributed by atoms with Crippen LogP contribution in [0, 0.1) is 13.8 Å². The van der Waals surface area contributed by atoms with Gasteiger partial charge in [0.2, 0.25) is 0 Å². The number of aromatic nitrogens is 4. The first-order chi connectivity index (χ1) is 24.2. The van der Waals surface area contributed by atoms with E-state index in [0.717, 1.165) is 69.8 Å². The monoisotopic (exact) mass is 671 g/mol. The number of anilines is 4. The van der Waals surface area contributed by atoms with E-state index in [9.17, 15) is 10.2 Å². The van der Waals surface area contributed by atoms with E-state index in [1.54, 1.807) is 19.4 Å². The van der Waals surface area contributed by atoms with Crippen molar-refractivity contribution in [1.82, 2.24) is 30.2 Å². The summed E-state index contributed by atoms with van der Waals surface area (Å²) in [5, 5.41) is 29.7. The molecule has 0 bridgehead atoms. The molecule has 1 aliphatic rings. The molecule has 0 spiro atoms. The lowest BCUT2D eigenvalue weighted by atomic mass is 9.94. The molecule has 1 saturated heterocycles. The van der Waals surface area contributed by atoms with Crippen molar-refractivity contribution in [2.24, 2.45) is 4.99 Å². The maximum atomic E-state index is 9.92. The Morgan fingerprint density at radius 3 is 2.40 bits per heavy atom. The van der Waals surface area contributed by atoms with E-state index in [1.807, 2.05) is 42.6 Å². The molecule has 4 heterocycles. The molecule has 6 rings (SSSR count). The maximum Gasteiger partial charge on any atom is 0.160 e. The van der Waals surface area contributed by atoms with Crippen LogP contribution < -0.4 is 16.0 Å². The van der Waals surface area contributed by atoms with E-state index in [4.69, 9.17) is 0 Å². The fourth-order valence-electron chi connectivity index (χ4n) is 6.44. The Balaban J connectivity index is 1.24. The van der Waals surface area contributed by atoms with E-state index in [0.29, 0.717) is 42.5 Å². The molecule has 11 heteroatoms. The van der Waals surface area contributed by atoms with Gasteiger partial charge in [0.25, 0.3) is 0 Å². The largest absolute Gasteiger partial charge is 0.392 e. The van der Waals surface area contributed by atoms with E-state index < -0.39 is 6.10 Å². The number of nitrogens with one attached hydrogen (secondary N) is 3. The summed E-state index contributed by atoms with van der Waals surface area (Å²) in [6, 6.07) is 16.4. The third kappa shape index (κ3) is 8.03.